The molecule has 2 N–H and O–H groups in total. The molecule has 0 unspecified atom stereocenters. The lowest BCUT2D eigenvalue weighted by molar-refractivity contribution is 0.0522. The molecular weight excluding hydrogens is 640 g/mol. The molecule has 1 amide bonds. The summed E-state index contributed by atoms with van der Waals surface area (Å²) in [7, 11) is 0. The molecule has 9 nitrogen and oxygen atoms in total. The van der Waals surface area contributed by atoms with E-state index in [4.69, 9.17) is 4.74 Å². The first-order valence-corrected chi connectivity index (χ1v) is 20.2. The standard InChI is InChI=1S/C42H68N4O5/c1-6-9-11-13-15-17-19-21-23-25-31-46(32-26-24-22-20-18-16-14-12-10-7-2)41(49)34-27-29-35(30-28-34)44-45-38-36(33(4)5)37(42(50)51-8-3)39(47)43-40(38)48/h27-30,33H,6-26,31-32H2,1-5H3,(H2,43,47,48)/b45-44+. The van der Waals surface area contributed by atoms with Gasteiger partial charge in [0, 0.05) is 24.2 Å². The maximum atomic E-state index is 13.7. The lowest BCUT2D eigenvalue weighted by Gasteiger charge is -2.23. The van der Waals surface area contributed by atoms with Gasteiger partial charge >= 0.3 is 5.97 Å². The molecule has 2 rings (SSSR count). The Morgan fingerprint density at radius 3 is 1.59 bits per heavy atom. The molecule has 51 heavy (non-hydrogen) atoms. The van der Waals surface area contributed by atoms with Crippen molar-refractivity contribution in [1.29, 1.82) is 0 Å². The Kier molecular flexibility index (Phi) is 22.5. The maximum Gasteiger partial charge on any atom is 0.344 e. The van der Waals surface area contributed by atoms with Gasteiger partial charge < -0.3 is 14.7 Å². The predicted molar refractivity (Wildman–Crippen MR) is 209 cm³/mol. The number of pyridine rings is 1. The van der Waals surface area contributed by atoms with E-state index in [1.807, 2.05) is 4.90 Å². The van der Waals surface area contributed by atoms with E-state index in [0.29, 0.717) is 11.3 Å². The van der Waals surface area contributed by atoms with Crippen molar-refractivity contribution < 1.29 is 19.4 Å². The van der Waals surface area contributed by atoms with Gasteiger partial charge in [0.25, 0.3) is 11.5 Å². The van der Waals surface area contributed by atoms with Gasteiger partial charge in [0.15, 0.2) is 5.69 Å². The molecule has 0 saturated carbocycles. The Morgan fingerprint density at radius 2 is 1.16 bits per heavy atom. The van der Waals surface area contributed by atoms with Crippen molar-refractivity contribution in [3.8, 4) is 5.88 Å². The van der Waals surface area contributed by atoms with Crippen LogP contribution in [0.4, 0.5) is 11.4 Å². The normalized spacial score (nSPS) is 11.5. The molecule has 1 heterocycles. The van der Waals surface area contributed by atoms with Gasteiger partial charge in [-0.2, -0.15) is 5.11 Å². The lowest BCUT2D eigenvalue weighted by Crippen LogP contribution is -2.33. The topological polar surface area (TPSA) is 124 Å². The van der Waals surface area contributed by atoms with E-state index < -0.39 is 17.4 Å². The molecule has 0 aliphatic carbocycles. The van der Waals surface area contributed by atoms with Crippen LogP contribution in [0.1, 0.15) is 195 Å². The van der Waals surface area contributed by atoms with Crippen LogP contribution in [0.15, 0.2) is 39.3 Å². The van der Waals surface area contributed by atoms with Crippen LogP contribution in [-0.4, -0.2) is 46.6 Å². The molecular formula is C42H68N4O5. The van der Waals surface area contributed by atoms with E-state index in [1.165, 1.54) is 103 Å². The fourth-order valence-corrected chi connectivity index (χ4v) is 6.52. The molecule has 0 fully saturated rings. The summed E-state index contributed by atoms with van der Waals surface area (Å²) in [4.78, 5) is 43.2. The number of aromatic amines is 1. The number of unbranched alkanes of at least 4 members (excludes halogenated alkanes) is 18. The average molecular weight is 709 g/mol. The number of aromatic hydroxyl groups is 1. The van der Waals surface area contributed by atoms with E-state index in [1.54, 1.807) is 45.0 Å². The lowest BCUT2D eigenvalue weighted by atomic mass is 9.97. The van der Waals surface area contributed by atoms with Crippen molar-refractivity contribution in [2.45, 2.75) is 169 Å². The number of rotatable bonds is 28. The molecule has 286 valence electrons. The van der Waals surface area contributed by atoms with Crippen LogP contribution in [-0.2, 0) is 4.74 Å². The number of benzene rings is 1. The number of amides is 1. The van der Waals surface area contributed by atoms with Gasteiger partial charge in [-0.05, 0) is 49.9 Å². The highest BCUT2D eigenvalue weighted by Crippen LogP contribution is 2.36. The molecule has 0 radical (unpaired) electrons. The second kappa shape index (κ2) is 26.3. The summed E-state index contributed by atoms with van der Waals surface area (Å²) >= 11 is 0. The number of carbonyl (C=O) groups is 2. The number of aromatic nitrogens is 1. The van der Waals surface area contributed by atoms with Crippen LogP contribution < -0.4 is 5.56 Å². The summed E-state index contributed by atoms with van der Waals surface area (Å²) in [6.45, 7) is 11.4. The van der Waals surface area contributed by atoms with Crippen molar-refractivity contribution in [3.63, 3.8) is 0 Å². The van der Waals surface area contributed by atoms with Gasteiger partial charge in [-0.3, -0.25) is 14.6 Å². The second-order valence-corrected chi connectivity index (χ2v) is 14.2. The van der Waals surface area contributed by atoms with Crippen LogP contribution in [0.3, 0.4) is 0 Å². The number of hydrogen-bond donors (Lipinski definition) is 2. The number of nitrogens with one attached hydrogen (secondary N) is 1. The average Bonchev–Trinajstić information content (AvgIpc) is 3.11. The minimum atomic E-state index is -0.776. The van der Waals surface area contributed by atoms with E-state index in [-0.39, 0.29) is 35.2 Å². The first-order valence-electron chi connectivity index (χ1n) is 20.2. The SMILES string of the molecule is CCCCCCCCCCCCN(CCCCCCCCCCCC)C(=O)c1ccc(/N=N/c2c(O)[nH]c(=O)c(C(=O)OCC)c2C(C)C)cc1. The summed E-state index contributed by atoms with van der Waals surface area (Å²) in [5.41, 5.74) is 0.417. The van der Waals surface area contributed by atoms with Crippen LogP contribution in [0.2, 0.25) is 0 Å². The van der Waals surface area contributed by atoms with Gasteiger partial charge in [-0.1, -0.05) is 143 Å². The molecule has 1 aromatic heterocycles. The molecule has 0 atom stereocenters. The van der Waals surface area contributed by atoms with E-state index in [2.05, 4.69) is 29.1 Å². The number of H-pyrrole nitrogens is 1. The zero-order valence-corrected chi connectivity index (χ0v) is 32.6. The van der Waals surface area contributed by atoms with E-state index in [9.17, 15) is 19.5 Å². The van der Waals surface area contributed by atoms with Crippen molar-refractivity contribution >= 4 is 23.3 Å². The first-order chi connectivity index (χ1) is 24.7. The van der Waals surface area contributed by atoms with E-state index >= 15 is 0 Å². The Hall–Kier alpha value is -3.49. The van der Waals surface area contributed by atoms with Crippen molar-refractivity contribution in [2.75, 3.05) is 19.7 Å². The third-order valence-electron chi connectivity index (χ3n) is 9.49. The summed E-state index contributed by atoms with van der Waals surface area (Å²) in [5, 5.41) is 19.1. The number of nitrogens with zero attached hydrogens (tertiary/aromatic N) is 3. The molecule has 0 spiro atoms. The van der Waals surface area contributed by atoms with Crippen molar-refractivity contribution in [3.05, 3.63) is 51.3 Å². The smallest absolute Gasteiger partial charge is 0.344 e. The fourth-order valence-electron chi connectivity index (χ4n) is 6.52. The third-order valence-corrected chi connectivity index (χ3v) is 9.49. The van der Waals surface area contributed by atoms with Crippen molar-refractivity contribution in [2.24, 2.45) is 10.2 Å². The molecule has 1 aromatic carbocycles. The Balaban J connectivity index is 2.05. The Labute approximate surface area is 308 Å². The van der Waals surface area contributed by atoms with Crippen LogP contribution in [0.25, 0.3) is 0 Å². The number of carbonyl (C=O) groups excluding carboxylic acids is 2. The van der Waals surface area contributed by atoms with Crippen molar-refractivity contribution in [1.82, 2.24) is 9.88 Å². The van der Waals surface area contributed by atoms with Crippen LogP contribution in [0.5, 0.6) is 5.88 Å². The largest absolute Gasteiger partial charge is 0.493 e. The summed E-state index contributed by atoms with van der Waals surface area (Å²) in [5.74, 6) is -1.53. The van der Waals surface area contributed by atoms with Gasteiger partial charge in [0.1, 0.15) is 5.56 Å². The maximum absolute atomic E-state index is 13.7. The fraction of sp³-hybridized carbons (Fsp3) is 0.690. The molecule has 0 saturated heterocycles. The molecule has 0 bridgehead atoms. The van der Waals surface area contributed by atoms with Gasteiger partial charge in [-0.25, -0.2) is 4.79 Å². The molecule has 2 aromatic rings. The van der Waals surface area contributed by atoms with E-state index in [0.717, 1.165) is 38.8 Å². The highest BCUT2D eigenvalue weighted by atomic mass is 16.5. The summed E-state index contributed by atoms with van der Waals surface area (Å²) in [6.07, 6.45) is 25.2. The van der Waals surface area contributed by atoms with Crippen LogP contribution >= 0.6 is 0 Å². The van der Waals surface area contributed by atoms with Gasteiger partial charge in [0.05, 0.1) is 12.3 Å². The highest BCUT2D eigenvalue weighted by Gasteiger charge is 2.26. The summed E-state index contributed by atoms with van der Waals surface area (Å²) < 4.78 is 5.09. The minimum Gasteiger partial charge on any atom is -0.493 e. The quantitative estimate of drug-likeness (QED) is 0.0517. The zero-order chi connectivity index (χ0) is 37.3. The Morgan fingerprint density at radius 1 is 0.706 bits per heavy atom. The molecule has 0 aliphatic heterocycles. The molecule has 0 aliphatic rings. The summed E-state index contributed by atoms with van der Waals surface area (Å²) in [6, 6.07) is 6.97. The zero-order valence-electron chi connectivity index (χ0n) is 32.6. The third kappa shape index (κ3) is 16.6. The highest BCUT2D eigenvalue weighted by molar-refractivity contribution is 5.94. The van der Waals surface area contributed by atoms with Crippen LogP contribution in [0, 0.1) is 0 Å². The second-order valence-electron chi connectivity index (χ2n) is 14.2. The van der Waals surface area contributed by atoms with Gasteiger partial charge in [0.2, 0.25) is 5.88 Å². The number of azo groups is 1. The Bertz CT molecular complexity index is 1330. The molecule has 9 heteroatoms. The number of ether oxygens (including phenoxy) is 1. The van der Waals surface area contributed by atoms with Gasteiger partial charge in [-0.15, -0.1) is 5.11 Å². The minimum absolute atomic E-state index is 0.00645. The predicted octanol–water partition coefficient (Wildman–Crippen LogP) is 12.1. The first kappa shape index (κ1) is 43.7. The number of hydrogen-bond acceptors (Lipinski definition) is 7. The number of esters is 1. The monoisotopic (exact) mass is 709 g/mol.